The van der Waals surface area contributed by atoms with Crippen LogP contribution >= 0.6 is 0 Å². The van der Waals surface area contributed by atoms with E-state index in [1.54, 1.807) is 13.0 Å². The first-order valence-corrected chi connectivity index (χ1v) is 10.2. The molecule has 1 N–H and O–H groups in total. The molecule has 7 nitrogen and oxygen atoms in total. The van der Waals surface area contributed by atoms with Gasteiger partial charge in [0.2, 0.25) is 0 Å². The Morgan fingerprint density at radius 2 is 1.93 bits per heavy atom. The van der Waals surface area contributed by atoms with Crippen LogP contribution in [-0.4, -0.2) is 40.6 Å². The Morgan fingerprint density at radius 1 is 1.21 bits per heavy atom. The standard InChI is InChI=1S/C22H25NO6/c1-12-18(28-13(2)20(24)23-11-5-8-17(23)21(25)26)10-9-15-14-6-3-4-7-16(14)22(27)29-19(12)15/h9-10,13,17H,3-8,11H2,1-2H3,(H,25,26)/t13-,17-/m0/s1. The lowest BCUT2D eigenvalue weighted by atomic mass is 9.90. The summed E-state index contributed by atoms with van der Waals surface area (Å²) in [6.45, 7) is 3.84. The number of carbonyl (C=O) groups is 2. The molecule has 0 saturated carbocycles. The number of amides is 1. The van der Waals surface area contributed by atoms with Crippen LogP contribution in [-0.2, 0) is 22.4 Å². The van der Waals surface area contributed by atoms with E-state index in [0.717, 1.165) is 42.2 Å². The van der Waals surface area contributed by atoms with Gasteiger partial charge in [-0.25, -0.2) is 9.59 Å². The minimum Gasteiger partial charge on any atom is -0.480 e. The van der Waals surface area contributed by atoms with E-state index in [1.165, 1.54) is 4.90 Å². The molecule has 4 rings (SSSR count). The predicted octanol–water partition coefficient (Wildman–Crippen LogP) is 2.82. The van der Waals surface area contributed by atoms with Crippen LogP contribution < -0.4 is 10.4 Å². The van der Waals surface area contributed by atoms with Crippen molar-refractivity contribution in [2.24, 2.45) is 0 Å². The SMILES string of the molecule is Cc1c(O[C@@H](C)C(=O)N2CCC[C@H]2C(=O)O)ccc2c3c(c(=O)oc12)CCCC3. The number of fused-ring (bicyclic) bond motifs is 3. The quantitative estimate of drug-likeness (QED) is 0.794. The molecule has 1 aliphatic heterocycles. The van der Waals surface area contributed by atoms with Crippen LogP contribution in [0.4, 0.5) is 0 Å². The van der Waals surface area contributed by atoms with Crippen LogP contribution in [0.5, 0.6) is 5.75 Å². The van der Waals surface area contributed by atoms with Gasteiger partial charge in [0.15, 0.2) is 6.10 Å². The van der Waals surface area contributed by atoms with E-state index in [2.05, 4.69) is 0 Å². The van der Waals surface area contributed by atoms with Crippen molar-refractivity contribution < 1.29 is 23.8 Å². The number of carboxylic acid groups (broad SMARTS) is 1. The Bertz CT molecular complexity index is 1040. The lowest BCUT2D eigenvalue weighted by Gasteiger charge is -2.26. The smallest absolute Gasteiger partial charge is 0.339 e. The van der Waals surface area contributed by atoms with Crippen LogP contribution in [0, 0.1) is 6.92 Å². The highest BCUT2D eigenvalue weighted by Crippen LogP contribution is 2.33. The molecule has 1 fully saturated rings. The van der Waals surface area contributed by atoms with Crippen molar-refractivity contribution >= 4 is 22.8 Å². The minimum absolute atomic E-state index is 0.294. The summed E-state index contributed by atoms with van der Waals surface area (Å²) in [6.07, 6.45) is 3.94. The van der Waals surface area contributed by atoms with Gasteiger partial charge in [0.25, 0.3) is 5.91 Å². The number of hydrogen-bond acceptors (Lipinski definition) is 5. The topological polar surface area (TPSA) is 97.0 Å². The Hall–Kier alpha value is -2.83. The molecule has 2 heterocycles. The van der Waals surface area contributed by atoms with Gasteiger partial charge in [-0.15, -0.1) is 0 Å². The predicted molar refractivity (Wildman–Crippen MR) is 106 cm³/mol. The van der Waals surface area contributed by atoms with Gasteiger partial charge in [-0.1, -0.05) is 0 Å². The second-order valence-corrected chi connectivity index (χ2v) is 7.91. The zero-order valence-electron chi connectivity index (χ0n) is 16.7. The van der Waals surface area contributed by atoms with Crippen molar-refractivity contribution in [3.05, 3.63) is 39.2 Å². The Balaban J connectivity index is 1.63. The molecule has 0 radical (unpaired) electrons. The van der Waals surface area contributed by atoms with E-state index < -0.39 is 18.1 Å². The van der Waals surface area contributed by atoms with Gasteiger partial charge >= 0.3 is 11.6 Å². The molecule has 1 aromatic carbocycles. The molecule has 2 aliphatic rings. The zero-order chi connectivity index (χ0) is 20.7. The summed E-state index contributed by atoms with van der Waals surface area (Å²) in [7, 11) is 0. The average molecular weight is 399 g/mol. The molecule has 2 aromatic rings. The summed E-state index contributed by atoms with van der Waals surface area (Å²) in [6, 6.07) is 2.89. The summed E-state index contributed by atoms with van der Waals surface area (Å²) < 4.78 is 11.5. The molecular weight excluding hydrogens is 374 g/mol. The van der Waals surface area contributed by atoms with Crippen molar-refractivity contribution in [2.45, 2.75) is 64.5 Å². The van der Waals surface area contributed by atoms with Crippen LogP contribution in [0.3, 0.4) is 0 Å². The Labute approximate surface area is 168 Å². The highest BCUT2D eigenvalue weighted by molar-refractivity contribution is 5.88. The van der Waals surface area contributed by atoms with E-state index in [4.69, 9.17) is 9.15 Å². The van der Waals surface area contributed by atoms with Gasteiger partial charge in [0.05, 0.1) is 0 Å². The lowest BCUT2D eigenvalue weighted by Crippen LogP contribution is -2.46. The van der Waals surface area contributed by atoms with Crippen molar-refractivity contribution in [1.82, 2.24) is 4.90 Å². The second kappa shape index (κ2) is 7.54. The molecule has 154 valence electrons. The molecule has 0 unspecified atom stereocenters. The fraction of sp³-hybridized carbons (Fsp3) is 0.500. The van der Waals surface area contributed by atoms with E-state index in [9.17, 15) is 19.5 Å². The van der Waals surface area contributed by atoms with E-state index >= 15 is 0 Å². The minimum atomic E-state index is -0.989. The molecule has 0 bridgehead atoms. The number of aryl methyl sites for hydroxylation is 2. The number of likely N-dealkylation sites (tertiary alicyclic amines) is 1. The van der Waals surface area contributed by atoms with Gasteiger partial charge in [-0.2, -0.15) is 0 Å². The first-order valence-electron chi connectivity index (χ1n) is 10.2. The maximum absolute atomic E-state index is 12.7. The molecule has 1 amide bonds. The van der Waals surface area contributed by atoms with Gasteiger partial charge < -0.3 is 19.2 Å². The first kappa shape index (κ1) is 19.5. The molecule has 0 spiro atoms. The number of carboxylic acids is 1. The summed E-state index contributed by atoms with van der Waals surface area (Å²) in [4.78, 5) is 37.9. The zero-order valence-corrected chi connectivity index (χ0v) is 16.7. The first-order chi connectivity index (χ1) is 13.9. The number of hydrogen-bond donors (Lipinski definition) is 1. The highest BCUT2D eigenvalue weighted by Gasteiger charge is 2.36. The maximum atomic E-state index is 12.7. The number of carbonyl (C=O) groups excluding carboxylic acids is 1. The van der Waals surface area contributed by atoms with Crippen molar-refractivity contribution in [1.29, 1.82) is 0 Å². The lowest BCUT2D eigenvalue weighted by molar-refractivity contribution is -0.150. The Morgan fingerprint density at radius 3 is 2.66 bits per heavy atom. The molecule has 2 atom stereocenters. The van der Waals surface area contributed by atoms with Crippen LogP contribution in [0.25, 0.3) is 11.0 Å². The number of rotatable bonds is 4. The van der Waals surface area contributed by atoms with Crippen LogP contribution in [0.1, 0.15) is 49.3 Å². The van der Waals surface area contributed by atoms with Gasteiger partial charge in [-0.3, -0.25) is 4.79 Å². The molecular formula is C22H25NO6. The molecule has 1 aliphatic carbocycles. The normalized spacial score (nSPS) is 19.8. The number of ether oxygens (including phenoxy) is 1. The third-order valence-corrected chi connectivity index (χ3v) is 6.06. The summed E-state index contributed by atoms with van der Waals surface area (Å²) >= 11 is 0. The van der Waals surface area contributed by atoms with Gasteiger partial charge in [0.1, 0.15) is 17.4 Å². The van der Waals surface area contributed by atoms with Crippen LogP contribution in [0.15, 0.2) is 21.3 Å². The third-order valence-electron chi connectivity index (χ3n) is 6.06. The third kappa shape index (κ3) is 3.39. The van der Waals surface area contributed by atoms with Crippen molar-refractivity contribution in [3.63, 3.8) is 0 Å². The maximum Gasteiger partial charge on any atom is 0.339 e. The summed E-state index contributed by atoms with van der Waals surface area (Å²) in [5.74, 6) is -0.874. The van der Waals surface area contributed by atoms with Crippen LogP contribution in [0.2, 0.25) is 0 Å². The highest BCUT2D eigenvalue weighted by atomic mass is 16.5. The summed E-state index contributed by atoms with van der Waals surface area (Å²) in [5, 5.41) is 10.2. The monoisotopic (exact) mass is 399 g/mol. The Kier molecular flexibility index (Phi) is 5.06. The number of nitrogens with zero attached hydrogens (tertiary/aromatic N) is 1. The van der Waals surface area contributed by atoms with Gasteiger partial charge in [-0.05, 0) is 70.1 Å². The fourth-order valence-corrected chi connectivity index (χ4v) is 4.51. The van der Waals surface area contributed by atoms with E-state index in [0.29, 0.717) is 36.3 Å². The number of benzene rings is 1. The molecule has 1 aromatic heterocycles. The number of aliphatic carboxylic acids is 1. The van der Waals surface area contributed by atoms with E-state index in [-0.39, 0.29) is 11.5 Å². The second-order valence-electron chi connectivity index (χ2n) is 7.91. The van der Waals surface area contributed by atoms with Crippen molar-refractivity contribution in [2.75, 3.05) is 6.54 Å². The van der Waals surface area contributed by atoms with Crippen molar-refractivity contribution in [3.8, 4) is 5.75 Å². The van der Waals surface area contributed by atoms with E-state index in [1.807, 2.05) is 13.0 Å². The average Bonchev–Trinajstić information content (AvgIpc) is 3.20. The summed E-state index contributed by atoms with van der Waals surface area (Å²) in [5.41, 5.74) is 2.70. The molecule has 1 saturated heterocycles. The fourth-order valence-electron chi connectivity index (χ4n) is 4.51. The molecule has 29 heavy (non-hydrogen) atoms. The largest absolute Gasteiger partial charge is 0.480 e. The molecule has 7 heteroatoms. The van der Waals surface area contributed by atoms with Gasteiger partial charge in [0, 0.05) is 23.1 Å².